The molecule has 0 saturated carbocycles. The minimum atomic E-state index is -0.176. The van der Waals surface area contributed by atoms with Crippen molar-refractivity contribution < 1.29 is 14.3 Å². The van der Waals surface area contributed by atoms with Gasteiger partial charge in [0.2, 0.25) is 0 Å². The van der Waals surface area contributed by atoms with Crippen molar-refractivity contribution in [1.29, 1.82) is 0 Å². The van der Waals surface area contributed by atoms with Gasteiger partial charge >= 0.3 is 12.0 Å². The van der Waals surface area contributed by atoms with E-state index in [1.807, 2.05) is 31.3 Å². The predicted molar refractivity (Wildman–Crippen MR) is 124 cm³/mol. The van der Waals surface area contributed by atoms with Gasteiger partial charge < -0.3 is 19.4 Å². The van der Waals surface area contributed by atoms with Gasteiger partial charge in [-0.05, 0) is 63.6 Å². The topological polar surface area (TPSA) is 69.2 Å². The Labute approximate surface area is 191 Å². The van der Waals surface area contributed by atoms with Crippen molar-refractivity contribution in [1.82, 2.24) is 19.7 Å². The molecule has 0 bridgehead atoms. The highest BCUT2D eigenvalue weighted by Gasteiger charge is 2.42. The molecule has 1 spiro atoms. The third-order valence-corrected chi connectivity index (χ3v) is 7.60. The average Bonchev–Trinajstić information content (AvgIpc) is 3.23. The number of esters is 1. The van der Waals surface area contributed by atoms with Gasteiger partial charge in [-0.1, -0.05) is 0 Å². The fraction of sp³-hybridized carbons (Fsp3) is 0.708. The van der Waals surface area contributed by atoms with E-state index in [1.54, 1.807) is 0 Å². The number of amides is 2. The maximum Gasteiger partial charge on any atom is 0.320 e. The summed E-state index contributed by atoms with van der Waals surface area (Å²) in [5.41, 5.74) is 1.59. The van der Waals surface area contributed by atoms with Crippen LogP contribution in [0.3, 0.4) is 0 Å². The highest BCUT2D eigenvalue weighted by atomic mass is 16.5. The van der Waals surface area contributed by atoms with Crippen LogP contribution >= 0.6 is 0 Å². The van der Waals surface area contributed by atoms with Gasteiger partial charge in [0.1, 0.15) is 0 Å². The normalized spacial score (nSPS) is 21.4. The van der Waals surface area contributed by atoms with Gasteiger partial charge in [0, 0.05) is 63.4 Å². The third-order valence-electron chi connectivity index (χ3n) is 7.60. The summed E-state index contributed by atoms with van der Waals surface area (Å²) in [7, 11) is 1.97. The van der Waals surface area contributed by atoms with Crippen LogP contribution in [0.1, 0.15) is 39.0 Å². The van der Waals surface area contributed by atoms with E-state index in [-0.39, 0.29) is 12.0 Å². The Hall–Kier alpha value is -2.35. The molecule has 0 aromatic carbocycles. The Morgan fingerprint density at radius 1 is 1.06 bits per heavy atom. The van der Waals surface area contributed by atoms with Crippen LogP contribution in [0.4, 0.5) is 10.5 Å². The lowest BCUT2D eigenvalue weighted by Crippen LogP contribution is -2.53. The molecule has 1 aromatic rings. The Morgan fingerprint density at radius 2 is 1.69 bits per heavy atom. The summed E-state index contributed by atoms with van der Waals surface area (Å²) in [6.07, 6.45) is 8.90. The SMILES string of the molecule is CCOC(=O)CN(C)C1CCN(C(=O)N2CCC3(CC2)CCN(c2ccncc2)C3)CC1. The van der Waals surface area contributed by atoms with Crippen molar-refractivity contribution in [2.75, 3.05) is 64.4 Å². The minimum Gasteiger partial charge on any atom is -0.465 e. The molecule has 3 saturated heterocycles. The molecular weight excluding hydrogens is 406 g/mol. The van der Waals surface area contributed by atoms with E-state index in [0.29, 0.717) is 24.6 Å². The maximum atomic E-state index is 13.1. The van der Waals surface area contributed by atoms with Gasteiger partial charge in [-0.25, -0.2) is 4.79 Å². The molecule has 8 heteroatoms. The molecule has 4 rings (SSSR count). The van der Waals surface area contributed by atoms with Crippen molar-refractivity contribution in [3.05, 3.63) is 24.5 Å². The molecule has 176 valence electrons. The minimum absolute atomic E-state index is 0.176. The van der Waals surface area contributed by atoms with Crippen molar-refractivity contribution in [3.63, 3.8) is 0 Å². The number of hydrogen-bond acceptors (Lipinski definition) is 6. The fourth-order valence-electron chi connectivity index (χ4n) is 5.53. The molecule has 32 heavy (non-hydrogen) atoms. The van der Waals surface area contributed by atoms with Crippen molar-refractivity contribution in [3.8, 4) is 0 Å². The number of carbonyl (C=O) groups is 2. The summed E-state index contributed by atoms with van der Waals surface area (Å²) in [5, 5.41) is 0. The zero-order chi connectivity index (χ0) is 22.6. The number of likely N-dealkylation sites (N-methyl/N-ethyl adjacent to an activating group) is 1. The van der Waals surface area contributed by atoms with Crippen LogP contribution in [-0.2, 0) is 9.53 Å². The Morgan fingerprint density at radius 3 is 2.34 bits per heavy atom. The molecule has 0 unspecified atom stereocenters. The van der Waals surface area contributed by atoms with Gasteiger partial charge in [-0.3, -0.25) is 14.7 Å². The lowest BCUT2D eigenvalue weighted by molar-refractivity contribution is -0.144. The number of rotatable bonds is 5. The lowest BCUT2D eigenvalue weighted by atomic mass is 9.78. The smallest absolute Gasteiger partial charge is 0.320 e. The first-order valence-electron chi connectivity index (χ1n) is 12.0. The quantitative estimate of drug-likeness (QED) is 0.651. The number of hydrogen-bond donors (Lipinski definition) is 0. The summed E-state index contributed by atoms with van der Waals surface area (Å²) in [4.78, 5) is 37.6. The Balaban J connectivity index is 1.22. The molecule has 0 aliphatic carbocycles. The van der Waals surface area contributed by atoms with Crippen LogP contribution in [0.2, 0.25) is 0 Å². The molecule has 2 amide bonds. The summed E-state index contributed by atoms with van der Waals surface area (Å²) in [6.45, 7) is 7.95. The van der Waals surface area contributed by atoms with Crippen LogP contribution in [-0.4, -0.2) is 97.2 Å². The summed E-state index contributed by atoms with van der Waals surface area (Å²) in [6, 6.07) is 4.69. The molecule has 3 fully saturated rings. The maximum absolute atomic E-state index is 13.1. The number of nitrogens with zero attached hydrogens (tertiary/aromatic N) is 5. The van der Waals surface area contributed by atoms with Crippen molar-refractivity contribution in [2.45, 2.75) is 45.1 Å². The second kappa shape index (κ2) is 10.1. The number of piperidine rings is 2. The van der Waals surface area contributed by atoms with E-state index in [0.717, 1.165) is 65.0 Å². The molecule has 3 aliphatic rings. The van der Waals surface area contributed by atoms with Crippen LogP contribution in [0.25, 0.3) is 0 Å². The van der Waals surface area contributed by atoms with Gasteiger partial charge in [0.05, 0.1) is 13.2 Å². The molecular formula is C24H37N5O3. The monoisotopic (exact) mass is 443 g/mol. The highest BCUT2D eigenvalue weighted by molar-refractivity contribution is 5.75. The van der Waals surface area contributed by atoms with Crippen molar-refractivity contribution >= 4 is 17.7 Å². The summed E-state index contributed by atoms with van der Waals surface area (Å²) < 4.78 is 5.06. The van der Waals surface area contributed by atoms with Crippen LogP contribution in [0.15, 0.2) is 24.5 Å². The zero-order valence-electron chi connectivity index (χ0n) is 19.5. The van der Waals surface area contributed by atoms with Crippen LogP contribution < -0.4 is 4.90 Å². The van der Waals surface area contributed by atoms with E-state index in [9.17, 15) is 9.59 Å². The van der Waals surface area contributed by atoms with E-state index in [1.165, 1.54) is 12.1 Å². The van der Waals surface area contributed by atoms with E-state index in [2.05, 4.69) is 31.8 Å². The summed E-state index contributed by atoms with van der Waals surface area (Å²) >= 11 is 0. The Bertz CT molecular complexity index is 773. The molecule has 3 aliphatic heterocycles. The Kier molecular flexibility index (Phi) is 7.18. The third kappa shape index (κ3) is 5.17. The second-order valence-corrected chi connectivity index (χ2v) is 9.58. The zero-order valence-corrected chi connectivity index (χ0v) is 19.5. The predicted octanol–water partition coefficient (Wildman–Crippen LogP) is 2.45. The largest absolute Gasteiger partial charge is 0.465 e. The van der Waals surface area contributed by atoms with Gasteiger partial charge in [0.15, 0.2) is 0 Å². The number of likely N-dealkylation sites (tertiary alicyclic amines) is 2. The molecule has 0 N–H and O–H groups in total. The first-order valence-corrected chi connectivity index (χ1v) is 12.0. The average molecular weight is 444 g/mol. The lowest BCUT2D eigenvalue weighted by Gasteiger charge is -2.43. The fourth-order valence-corrected chi connectivity index (χ4v) is 5.53. The van der Waals surface area contributed by atoms with E-state index >= 15 is 0 Å². The number of ether oxygens (including phenoxy) is 1. The number of urea groups is 1. The number of anilines is 1. The highest BCUT2D eigenvalue weighted by Crippen LogP contribution is 2.42. The number of aromatic nitrogens is 1. The standard InChI is InChI=1S/C24H37N5O3/c1-3-32-22(30)18-26(2)20-6-13-27(14-7-20)23(31)28-15-8-24(9-16-28)10-17-29(19-24)21-4-11-25-12-5-21/h4-5,11-12,20H,3,6-10,13-19H2,1-2H3. The van der Waals surface area contributed by atoms with Crippen LogP contribution in [0.5, 0.6) is 0 Å². The van der Waals surface area contributed by atoms with Gasteiger partial charge in [-0.15, -0.1) is 0 Å². The second-order valence-electron chi connectivity index (χ2n) is 9.58. The summed E-state index contributed by atoms with van der Waals surface area (Å²) in [5.74, 6) is -0.176. The van der Waals surface area contributed by atoms with E-state index < -0.39 is 0 Å². The molecule has 0 atom stereocenters. The van der Waals surface area contributed by atoms with Gasteiger partial charge in [-0.2, -0.15) is 0 Å². The molecule has 0 radical (unpaired) electrons. The van der Waals surface area contributed by atoms with E-state index in [4.69, 9.17) is 4.74 Å². The molecule has 4 heterocycles. The van der Waals surface area contributed by atoms with Crippen molar-refractivity contribution in [2.24, 2.45) is 5.41 Å². The molecule has 1 aromatic heterocycles. The molecule has 8 nitrogen and oxygen atoms in total. The van der Waals surface area contributed by atoms with Crippen LogP contribution in [0, 0.1) is 5.41 Å². The first-order chi connectivity index (χ1) is 15.5. The number of pyridine rings is 1. The number of carbonyl (C=O) groups excluding carboxylic acids is 2. The van der Waals surface area contributed by atoms with Gasteiger partial charge in [0.25, 0.3) is 0 Å². The first kappa shape index (κ1) is 22.8.